The van der Waals surface area contributed by atoms with Crippen LogP contribution in [0, 0.1) is 28.9 Å². The van der Waals surface area contributed by atoms with Gasteiger partial charge < -0.3 is 5.32 Å². The summed E-state index contributed by atoms with van der Waals surface area (Å²) in [4.78, 5) is 10.6. The molecule has 102 valence electrons. The maximum atomic E-state index is 10.9. The van der Waals surface area contributed by atoms with Crippen molar-refractivity contribution >= 4 is 5.69 Å². The van der Waals surface area contributed by atoms with Crippen molar-refractivity contribution in [3.63, 3.8) is 0 Å². The normalized spacial score (nSPS) is 28.8. The first kappa shape index (κ1) is 12.6. The minimum Gasteiger partial charge on any atom is -0.310 e. The van der Waals surface area contributed by atoms with E-state index in [-0.39, 0.29) is 10.6 Å². The predicted octanol–water partition coefficient (Wildman–Crippen LogP) is 3.18. The number of hydrogen-bond donors (Lipinski definition) is 1. The van der Waals surface area contributed by atoms with E-state index in [1.54, 1.807) is 12.1 Å². The SMILES string of the molecule is Cc1c(CNC2CC3CCC2C3)cccc1[N+](=O)[O-]. The van der Waals surface area contributed by atoms with Crippen LogP contribution in [0.25, 0.3) is 0 Å². The number of benzene rings is 1. The van der Waals surface area contributed by atoms with Crippen molar-refractivity contribution in [1.82, 2.24) is 5.32 Å². The molecule has 3 atom stereocenters. The molecular weight excluding hydrogens is 240 g/mol. The summed E-state index contributed by atoms with van der Waals surface area (Å²) in [6, 6.07) is 5.97. The van der Waals surface area contributed by atoms with E-state index in [9.17, 15) is 10.1 Å². The van der Waals surface area contributed by atoms with Crippen LogP contribution in [0.4, 0.5) is 5.69 Å². The fraction of sp³-hybridized carbons (Fsp3) is 0.600. The van der Waals surface area contributed by atoms with Gasteiger partial charge in [-0.05, 0) is 43.6 Å². The minimum absolute atomic E-state index is 0.229. The Labute approximate surface area is 113 Å². The van der Waals surface area contributed by atoms with E-state index in [1.807, 2.05) is 13.0 Å². The summed E-state index contributed by atoms with van der Waals surface area (Å²) < 4.78 is 0. The van der Waals surface area contributed by atoms with Gasteiger partial charge >= 0.3 is 0 Å². The highest BCUT2D eigenvalue weighted by molar-refractivity contribution is 5.44. The molecule has 4 heteroatoms. The van der Waals surface area contributed by atoms with Crippen LogP contribution >= 0.6 is 0 Å². The van der Waals surface area contributed by atoms with Gasteiger partial charge in [0.25, 0.3) is 5.69 Å². The zero-order valence-electron chi connectivity index (χ0n) is 11.3. The summed E-state index contributed by atoms with van der Waals surface area (Å²) in [7, 11) is 0. The Hall–Kier alpha value is -1.42. The first-order valence-corrected chi connectivity index (χ1v) is 7.11. The highest BCUT2D eigenvalue weighted by Crippen LogP contribution is 2.44. The maximum Gasteiger partial charge on any atom is 0.272 e. The first-order valence-electron chi connectivity index (χ1n) is 7.11. The van der Waals surface area contributed by atoms with Gasteiger partial charge in [-0.25, -0.2) is 0 Å². The van der Waals surface area contributed by atoms with Gasteiger partial charge in [-0.1, -0.05) is 18.6 Å². The fourth-order valence-corrected chi connectivity index (χ4v) is 3.79. The van der Waals surface area contributed by atoms with Crippen LogP contribution in [0.1, 0.15) is 36.8 Å². The van der Waals surface area contributed by atoms with Crippen LogP contribution < -0.4 is 5.32 Å². The second-order valence-electron chi connectivity index (χ2n) is 5.98. The number of fused-ring (bicyclic) bond motifs is 2. The Morgan fingerprint density at radius 3 is 2.84 bits per heavy atom. The molecule has 2 saturated carbocycles. The molecule has 0 spiro atoms. The molecule has 0 heterocycles. The Morgan fingerprint density at radius 2 is 2.21 bits per heavy atom. The van der Waals surface area contributed by atoms with Gasteiger partial charge in [-0.3, -0.25) is 10.1 Å². The zero-order chi connectivity index (χ0) is 13.4. The lowest BCUT2D eigenvalue weighted by molar-refractivity contribution is -0.385. The topological polar surface area (TPSA) is 55.2 Å². The van der Waals surface area contributed by atoms with Gasteiger partial charge in [0.1, 0.15) is 0 Å². The van der Waals surface area contributed by atoms with Crippen LogP contribution in [0.2, 0.25) is 0 Å². The number of nitrogens with zero attached hydrogens (tertiary/aromatic N) is 1. The van der Waals surface area contributed by atoms with E-state index in [0.29, 0.717) is 6.04 Å². The van der Waals surface area contributed by atoms with Gasteiger partial charge in [0.15, 0.2) is 0 Å². The maximum absolute atomic E-state index is 10.9. The standard InChI is InChI=1S/C15H20N2O2/c1-10-13(3-2-4-15(10)17(18)19)9-16-14-8-11-5-6-12(14)7-11/h2-4,11-12,14,16H,5-9H2,1H3. The molecule has 2 fully saturated rings. The van der Waals surface area contributed by atoms with Crippen LogP contribution in [0.3, 0.4) is 0 Å². The number of nitrogens with one attached hydrogen (secondary N) is 1. The van der Waals surface area contributed by atoms with Crippen LogP contribution in [-0.4, -0.2) is 11.0 Å². The van der Waals surface area contributed by atoms with Gasteiger partial charge in [0.05, 0.1) is 4.92 Å². The van der Waals surface area contributed by atoms with Crippen molar-refractivity contribution in [2.45, 2.75) is 45.2 Å². The third-order valence-corrected chi connectivity index (χ3v) is 4.91. The van der Waals surface area contributed by atoms with Crippen LogP contribution in [0.5, 0.6) is 0 Å². The molecule has 4 nitrogen and oxygen atoms in total. The van der Waals surface area contributed by atoms with Gasteiger partial charge in [0, 0.05) is 24.2 Å². The van der Waals surface area contributed by atoms with E-state index in [2.05, 4.69) is 5.32 Å². The predicted molar refractivity (Wildman–Crippen MR) is 73.9 cm³/mol. The fourth-order valence-electron chi connectivity index (χ4n) is 3.79. The summed E-state index contributed by atoms with van der Waals surface area (Å²) in [6.45, 7) is 2.59. The van der Waals surface area contributed by atoms with E-state index in [1.165, 1.54) is 25.7 Å². The Morgan fingerprint density at radius 1 is 1.37 bits per heavy atom. The summed E-state index contributed by atoms with van der Waals surface area (Å²) >= 11 is 0. The highest BCUT2D eigenvalue weighted by Gasteiger charge is 2.39. The molecule has 0 radical (unpaired) electrons. The van der Waals surface area contributed by atoms with Gasteiger partial charge in [-0.15, -0.1) is 0 Å². The summed E-state index contributed by atoms with van der Waals surface area (Å²) in [6.07, 6.45) is 5.43. The average molecular weight is 260 g/mol. The van der Waals surface area contributed by atoms with E-state index in [4.69, 9.17) is 0 Å². The van der Waals surface area contributed by atoms with Crippen molar-refractivity contribution in [3.05, 3.63) is 39.4 Å². The molecule has 3 rings (SSSR count). The highest BCUT2D eigenvalue weighted by atomic mass is 16.6. The van der Waals surface area contributed by atoms with Gasteiger partial charge in [-0.2, -0.15) is 0 Å². The van der Waals surface area contributed by atoms with Crippen molar-refractivity contribution < 1.29 is 4.92 Å². The van der Waals surface area contributed by atoms with E-state index < -0.39 is 0 Å². The molecule has 0 aromatic heterocycles. The van der Waals surface area contributed by atoms with Crippen LogP contribution in [0.15, 0.2) is 18.2 Å². The second-order valence-corrected chi connectivity index (χ2v) is 5.98. The third-order valence-electron chi connectivity index (χ3n) is 4.91. The smallest absolute Gasteiger partial charge is 0.272 e. The number of nitro groups is 1. The van der Waals surface area contributed by atoms with E-state index >= 15 is 0 Å². The molecule has 3 unspecified atom stereocenters. The zero-order valence-corrected chi connectivity index (χ0v) is 11.3. The Bertz CT molecular complexity index is 501. The van der Waals surface area contributed by atoms with Gasteiger partial charge in [0.2, 0.25) is 0 Å². The third kappa shape index (κ3) is 2.37. The summed E-state index contributed by atoms with van der Waals surface area (Å²) in [5, 5.41) is 14.5. The lowest BCUT2D eigenvalue weighted by Crippen LogP contribution is -2.33. The minimum atomic E-state index is -0.295. The Kier molecular flexibility index (Phi) is 3.27. The molecule has 0 aliphatic heterocycles. The number of rotatable bonds is 4. The van der Waals surface area contributed by atoms with Crippen LogP contribution in [-0.2, 0) is 6.54 Å². The lowest BCUT2D eigenvalue weighted by Gasteiger charge is -2.23. The second kappa shape index (κ2) is 4.93. The van der Waals surface area contributed by atoms with Crippen molar-refractivity contribution in [2.75, 3.05) is 0 Å². The molecular formula is C15H20N2O2. The molecule has 0 amide bonds. The Balaban J connectivity index is 1.67. The quantitative estimate of drug-likeness (QED) is 0.668. The monoisotopic (exact) mass is 260 g/mol. The summed E-state index contributed by atoms with van der Waals surface area (Å²) in [5.74, 6) is 1.76. The molecule has 2 bridgehead atoms. The lowest BCUT2D eigenvalue weighted by atomic mass is 9.95. The molecule has 19 heavy (non-hydrogen) atoms. The molecule has 1 aromatic carbocycles. The first-order chi connectivity index (χ1) is 9.15. The molecule has 0 saturated heterocycles. The molecule has 2 aliphatic rings. The molecule has 1 N–H and O–H groups in total. The number of nitro benzene ring substituents is 1. The average Bonchev–Trinajstić information content (AvgIpc) is 2.99. The van der Waals surface area contributed by atoms with Crippen molar-refractivity contribution in [1.29, 1.82) is 0 Å². The largest absolute Gasteiger partial charge is 0.310 e. The summed E-state index contributed by atoms with van der Waals surface area (Å²) in [5.41, 5.74) is 2.08. The van der Waals surface area contributed by atoms with Crippen molar-refractivity contribution in [2.24, 2.45) is 11.8 Å². The molecule has 2 aliphatic carbocycles. The van der Waals surface area contributed by atoms with E-state index in [0.717, 1.165) is 29.5 Å². The van der Waals surface area contributed by atoms with Crippen molar-refractivity contribution in [3.8, 4) is 0 Å². The number of hydrogen-bond acceptors (Lipinski definition) is 3. The molecule has 1 aromatic rings.